The van der Waals surface area contributed by atoms with Gasteiger partial charge in [0.25, 0.3) is 5.91 Å². The number of ether oxygens (including phenoxy) is 1. The number of hydrogen-bond acceptors (Lipinski definition) is 4. The second kappa shape index (κ2) is 10.4. The van der Waals surface area contributed by atoms with Crippen molar-refractivity contribution >= 4 is 27.5 Å². The van der Waals surface area contributed by atoms with Crippen LogP contribution in [0.4, 0.5) is 0 Å². The summed E-state index contributed by atoms with van der Waals surface area (Å²) in [4.78, 5) is 12.2. The van der Waals surface area contributed by atoms with Gasteiger partial charge in [-0.2, -0.15) is 0 Å². The molecule has 0 bridgehead atoms. The van der Waals surface area contributed by atoms with Crippen molar-refractivity contribution in [3.05, 3.63) is 95.0 Å². The van der Waals surface area contributed by atoms with Crippen LogP contribution in [0.2, 0.25) is 5.02 Å². The summed E-state index contributed by atoms with van der Waals surface area (Å²) in [7, 11) is -3.74. The summed E-state index contributed by atoms with van der Waals surface area (Å²) in [5.41, 5.74) is 1.82. The summed E-state index contributed by atoms with van der Waals surface area (Å²) in [6.45, 7) is 1.80. The highest BCUT2D eigenvalue weighted by atomic mass is 35.5. The molecule has 3 aromatic rings. The second-order valence-corrected chi connectivity index (χ2v) is 9.07. The molecule has 0 aliphatic carbocycles. The molecule has 3 rings (SSSR count). The van der Waals surface area contributed by atoms with Crippen molar-refractivity contribution in [2.75, 3.05) is 6.61 Å². The zero-order valence-electron chi connectivity index (χ0n) is 16.9. The highest BCUT2D eigenvalue weighted by Gasteiger charge is 2.17. The topological polar surface area (TPSA) is 84.5 Å². The van der Waals surface area contributed by atoms with E-state index in [0.717, 1.165) is 11.1 Å². The maximum absolute atomic E-state index is 12.5. The summed E-state index contributed by atoms with van der Waals surface area (Å²) >= 11 is 6.19. The molecule has 0 fully saturated rings. The molecule has 1 amide bonds. The third-order valence-electron chi connectivity index (χ3n) is 4.56. The average Bonchev–Trinajstić information content (AvgIpc) is 2.78. The van der Waals surface area contributed by atoms with Gasteiger partial charge in [0.2, 0.25) is 10.0 Å². The zero-order valence-corrected chi connectivity index (χ0v) is 18.5. The molecule has 0 heterocycles. The average molecular weight is 459 g/mol. The van der Waals surface area contributed by atoms with Crippen molar-refractivity contribution in [3.8, 4) is 5.75 Å². The summed E-state index contributed by atoms with van der Waals surface area (Å²) in [5.74, 6) is -0.0835. The maximum Gasteiger partial charge on any atom is 0.258 e. The SMILES string of the molecule is C[C@@H](NC(=O)COc1ccc(S(=O)(=O)NCc2ccccc2)cc1Cl)c1ccccc1. The highest BCUT2D eigenvalue weighted by Crippen LogP contribution is 2.27. The monoisotopic (exact) mass is 458 g/mol. The summed E-state index contributed by atoms with van der Waals surface area (Å²) in [6.07, 6.45) is 0. The number of rotatable bonds is 9. The van der Waals surface area contributed by atoms with Crippen molar-refractivity contribution in [2.24, 2.45) is 0 Å². The van der Waals surface area contributed by atoms with Gasteiger partial charge in [0, 0.05) is 6.54 Å². The first-order chi connectivity index (χ1) is 14.8. The minimum absolute atomic E-state index is 0.0166. The van der Waals surface area contributed by atoms with E-state index in [-0.39, 0.29) is 40.8 Å². The van der Waals surface area contributed by atoms with Crippen molar-refractivity contribution in [3.63, 3.8) is 0 Å². The van der Waals surface area contributed by atoms with Crippen LogP contribution in [0.15, 0.2) is 83.8 Å². The number of halogens is 1. The molecular weight excluding hydrogens is 436 g/mol. The van der Waals surface area contributed by atoms with Gasteiger partial charge in [0.1, 0.15) is 5.75 Å². The van der Waals surface area contributed by atoms with Crippen LogP contribution in [0.25, 0.3) is 0 Å². The Kier molecular flexibility index (Phi) is 7.68. The van der Waals surface area contributed by atoms with Crippen LogP contribution in [0.3, 0.4) is 0 Å². The number of carbonyl (C=O) groups is 1. The Morgan fingerprint density at radius 1 is 1.00 bits per heavy atom. The molecule has 0 radical (unpaired) electrons. The van der Waals surface area contributed by atoms with Gasteiger partial charge in [-0.1, -0.05) is 72.3 Å². The molecule has 0 aliphatic heterocycles. The Labute approximate surface area is 187 Å². The molecule has 0 saturated carbocycles. The van der Waals surface area contributed by atoms with Crippen LogP contribution in [-0.2, 0) is 21.4 Å². The zero-order chi connectivity index (χ0) is 22.3. The lowest BCUT2D eigenvalue weighted by atomic mass is 10.1. The van der Waals surface area contributed by atoms with Gasteiger partial charge in [-0.15, -0.1) is 0 Å². The maximum atomic E-state index is 12.5. The second-order valence-electron chi connectivity index (χ2n) is 6.89. The molecule has 8 heteroatoms. The van der Waals surface area contributed by atoms with Gasteiger partial charge in [-0.3, -0.25) is 4.79 Å². The van der Waals surface area contributed by atoms with Crippen LogP contribution in [0.1, 0.15) is 24.1 Å². The first-order valence-electron chi connectivity index (χ1n) is 9.65. The highest BCUT2D eigenvalue weighted by molar-refractivity contribution is 7.89. The van der Waals surface area contributed by atoms with E-state index in [1.807, 2.05) is 67.6 Å². The summed E-state index contributed by atoms with van der Waals surface area (Å²) < 4.78 is 33.0. The van der Waals surface area contributed by atoms with E-state index < -0.39 is 10.0 Å². The molecule has 0 aliphatic rings. The number of amides is 1. The lowest BCUT2D eigenvalue weighted by Crippen LogP contribution is -2.31. The quantitative estimate of drug-likeness (QED) is 0.506. The van der Waals surface area contributed by atoms with E-state index in [1.54, 1.807) is 0 Å². The van der Waals surface area contributed by atoms with Crippen LogP contribution in [-0.4, -0.2) is 20.9 Å². The Hall–Kier alpha value is -2.87. The smallest absolute Gasteiger partial charge is 0.258 e. The molecule has 162 valence electrons. The Bertz CT molecular complexity index is 1120. The molecule has 0 saturated heterocycles. The molecule has 0 spiro atoms. The minimum Gasteiger partial charge on any atom is -0.482 e. The lowest BCUT2D eigenvalue weighted by Gasteiger charge is -2.15. The predicted molar refractivity (Wildman–Crippen MR) is 120 cm³/mol. The Morgan fingerprint density at radius 3 is 2.29 bits per heavy atom. The number of benzene rings is 3. The van der Waals surface area contributed by atoms with E-state index in [9.17, 15) is 13.2 Å². The Balaban J connectivity index is 1.57. The van der Waals surface area contributed by atoms with Gasteiger partial charge >= 0.3 is 0 Å². The molecule has 0 aromatic heterocycles. The lowest BCUT2D eigenvalue weighted by molar-refractivity contribution is -0.123. The van der Waals surface area contributed by atoms with Gasteiger partial charge in [-0.05, 0) is 36.2 Å². The van der Waals surface area contributed by atoms with Crippen LogP contribution in [0.5, 0.6) is 5.75 Å². The van der Waals surface area contributed by atoms with E-state index in [0.29, 0.717) is 0 Å². The normalized spacial score (nSPS) is 12.2. The van der Waals surface area contributed by atoms with Crippen LogP contribution in [0, 0.1) is 0 Å². The van der Waals surface area contributed by atoms with E-state index >= 15 is 0 Å². The van der Waals surface area contributed by atoms with E-state index in [4.69, 9.17) is 16.3 Å². The molecule has 2 N–H and O–H groups in total. The third-order valence-corrected chi connectivity index (χ3v) is 6.25. The number of carbonyl (C=O) groups excluding carboxylic acids is 1. The third kappa shape index (κ3) is 6.55. The molecule has 3 aromatic carbocycles. The summed E-state index contributed by atoms with van der Waals surface area (Å²) in [6, 6.07) is 22.7. The van der Waals surface area contributed by atoms with Crippen molar-refractivity contribution in [2.45, 2.75) is 24.4 Å². The molecule has 6 nitrogen and oxygen atoms in total. The van der Waals surface area contributed by atoms with Gasteiger partial charge in [-0.25, -0.2) is 13.1 Å². The van der Waals surface area contributed by atoms with Gasteiger partial charge < -0.3 is 10.1 Å². The molecule has 0 unspecified atom stereocenters. The molecular formula is C23H23ClN2O4S. The fourth-order valence-electron chi connectivity index (χ4n) is 2.87. The van der Waals surface area contributed by atoms with E-state index in [2.05, 4.69) is 10.0 Å². The minimum atomic E-state index is -3.74. The molecule has 1 atom stereocenters. The number of hydrogen-bond donors (Lipinski definition) is 2. The van der Waals surface area contributed by atoms with Crippen molar-refractivity contribution < 1.29 is 17.9 Å². The van der Waals surface area contributed by atoms with Crippen LogP contribution >= 0.6 is 11.6 Å². The Morgan fingerprint density at radius 2 is 1.65 bits per heavy atom. The standard InChI is InChI=1S/C23H23ClN2O4S/c1-17(19-10-6-3-7-11-19)26-23(27)16-30-22-13-12-20(14-21(22)24)31(28,29)25-15-18-8-4-2-5-9-18/h2-14,17,25H,15-16H2,1H3,(H,26,27)/t17-/m1/s1. The number of sulfonamides is 1. The van der Waals surface area contributed by atoms with Crippen molar-refractivity contribution in [1.29, 1.82) is 0 Å². The van der Waals surface area contributed by atoms with Gasteiger partial charge in [0.15, 0.2) is 6.61 Å². The fraction of sp³-hybridized carbons (Fsp3) is 0.174. The first kappa shape index (κ1) is 22.8. The van der Waals surface area contributed by atoms with Crippen LogP contribution < -0.4 is 14.8 Å². The largest absolute Gasteiger partial charge is 0.482 e. The first-order valence-corrected chi connectivity index (χ1v) is 11.5. The molecule has 31 heavy (non-hydrogen) atoms. The predicted octanol–water partition coefficient (Wildman–Crippen LogP) is 4.07. The van der Waals surface area contributed by atoms with Crippen molar-refractivity contribution in [1.82, 2.24) is 10.0 Å². The number of nitrogens with one attached hydrogen (secondary N) is 2. The van der Waals surface area contributed by atoms with E-state index in [1.165, 1.54) is 18.2 Å². The van der Waals surface area contributed by atoms with Gasteiger partial charge in [0.05, 0.1) is 16.0 Å². The summed E-state index contributed by atoms with van der Waals surface area (Å²) in [5, 5.41) is 2.94. The fourth-order valence-corrected chi connectivity index (χ4v) is 4.22.